The molecule has 1 rings (SSSR count). The molecule has 0 aromatic heterocycles. The first-order chi connectivity index (χ1) is 16.9. The maximum Gasteiger partial charge on any atom is 0.408 e. The largest absolute Gasteiger partial charge is 0.468 e. The Morgan fingerprint density at radius 2 is 1.69 bits per heavy atom. The number of carbonyl (C=O) groups excluding carboxylic acids is 4. The van der Waals surface area contributed by atoms with Crippen molar-refractivity contribution in [3.05, 3.63) is 35.4 Å². The van der Waals surface area contributed by atoms with Crippen LogP contribution in [0.3, 0.4) is 0 Å². The molecule has 3 N–H and O–H groups in total. The van der Waals surface area contributed by atoms with Crippen molar-refractivity contribution in [2.75, 3.05) is 26.8 Å². The number of hydrogen-bond donors (Lipinski definition) is 3. The van der Waals surface area contributed by atoms with Gasteiger partial charge in [-0.2, -0.15) is 0 Å². The average molecular weight is 508 g/mol. The van der Waals surface area contributed by atoms with E-state index >= 15 is 0 Å². The van der Waals surface area contributed by atoms with Gasteiger partial charge in [-0.15, -0.1) is 0 Å². The van der Waals surface area contributed by atoms with Crippen LogP contribution in [-0.4, -0.2) is 72.3 Å². The third-order valence-corrected chi connectivity index (χ3v) is 5.30. The van der Waals surface area contributed by atoms with Crippen LogP contribution < -0.4 is 10.6 Å². The van der Waals surface area contributed by atoms with E-state index in [0.29, 0.717) is 12.0 Å². The lowest BCUT2D eigenvalue weighted by molar-refractivity contribution is -0.145. The van der Waals surface area contributed by atoms with Crippen LogP contribution in [0.4, 0.5) is 4.79 Å². The molecule has 1 aromatic rings. The summed E-state index contributed by atoms with van der Waals surface area (Å²) in [5, 5.41) is 14.9. The zero-order valence-corrected chi connectivity index (χ0v) is 22.3. The van der Waals surface area contributed by atoms with Crippen LogP contribution in [0.2, 0.25) is 0 Å². The van der Waals surface area contributed by atoms with E-state index in [4.69, 9.17) is 4.74 Å². The quantitative estimate of drug-likeness (QED) is 0.276. The van der Waals surface area contributed by atoms with Crippen molar-refractivity contribution in [2.45, 2.75) is 78.0 Å². The molecule has 1 aromatic carbocycles. The number of ether oxygens (including phenoxy) is 2. The standard InChI is InChI=1S/C26H41N3O7/c1-7-8-9-10-15-29(24(33)20(17-30)28-25(34)36-26(3,4)5)22(19-13-11-18(2)12-14-19)23(32)27-16-21(31)35-6/h11-14,20,22,30H,7-10,15-17H2,1-6H3,(H,27,32)(H,28,34). The molecule has 2 atom stereocenters. The van der Waals surface area contributed by atoms with Crippen molar-refractivity contribution in [2.24, 2.45) is 0 Å². The molecule has 36 heavy (non-hydrogen) atoms. The molecule has 0 heterocycles. The molecule has 0 aliphatic rings. The number of rotatable bonds is 13. The number of esters is 1. The van der Waals surface area contributed by atoms with Crippen LogP contribution in [-0.2, 0) is 23.9 Å². The topological polar surface area (TPSA) is 134 Å². The Balaban J connectivity index is 3.35. The molecule has 0 radical (unpaired) electrons. The Bertz CT molecular complexity index is 865. The van der Waals surface area contributed by atoms with Crippen molar-refractivity contribution in [1.29, 1.82) is 0 Å². The van der Waals surface area contributed by atoms with Crippen molar-refractivity contribution >= 4 is 23.9 Å². The fourth-order valence-corrected chi connectivity index (χ4v) is 3.46. The van der Waals surface area contributed by atoms with Crippen molar-refractivity contribution in [3.8, 4) is 0 Å². The highest BCUT2D eigenvalue weighted by molar-refractivity contribution is 5.93. The molecule has 0 spiro atoms. The van der Waals surface area contributed by atoms with E-state index in [9.17, 15) is 24.3 Å². The number of nitrogens with zero attached hydrogens (tertiary/aromatic N) is 1. The van der Waals surface area contributed by atoms with Crippen LogP contribution >= 0.6 is 0 Å². The third-order valence-electron chi connectivity index (χ3n) is 5.30. The van der Waals surface area contributed by atoms with Gasteiger partial charge in [-0.1, -0.05) is 56.0 Å². The van der Waals surface area contributed by atoms with Crippen LogP contribution in [0.1, 0.15) is 70.5 Å². The lowest BCUT2D eigenvalue weighted by Gasteiger charge is -2.34. The summed E-state index contributed by atoms with van der Waals surface area (Å²) >= 11 is 0. The molecule has 0 fully saturated rings. The first kappa shape index (κ1) is 30.9. The molecule has 0 aliphatic heterocycles. The summed E-state index contributed by atoms with van der Waals surface area (Å²) in [5.74, 6) is -1.85. The van der Waals surface area contributed by atoms with Gasteiger partial charge in [-0.3, -0.25) is 14.4 Å². The Kier molecular flexibility index (Phi) is 12.9. The van der Waals surface area contributed by atoms with E-state index < -0.39 is 48.2 Å². The molecule has 0 saturated carbocycles. The van der Waals surface area contributed by atoms with E-state index in [-0.39, 0.29) is 13.1 Å². The number of carbonyl (C=O) groups is 4. The molecular weight excluding hydrogens is 466 g/mol. The molecule has 10 heteroatoms. The Morgan fingerprint density at radius 3 is 2.22 bits per heavy atom. The molecule has 3 amide bonds. The zero-order chi connectivity index (χ0) is 27.3. The highest BCUT2D eigenvalue weighted by Crippen LogP contribution is 2.24. The number of methoxy groups -OCH3 is 1. The second kappa shape index (κ2) is 15.1. The number of aliphatic hydroxyl groups is 1. The van der Waals surface area contributed by atoms with Gasteiger partial charge in [0.25, 0.3) is 0 Å². The van der Waals surface area contributed by atoms with Crippen molar-refractivity contribution in [3.63, 3.8) is 0 Å². The zero-order valence-electron chi connectivity index (χ0n) is 22.3. The fourth-order valence-electron chi connectivity index (χ4n) is 3.46. The Hall–Kier alpha value is -3.14. The normalized spacial score (nSPS) is 12.8. The summed E-state index contributed by atoms with van der Waals surface area (Å²) in [5.41, 5.74) is 0.694. The van der Waals surface area contributed by atoms with Gasteiger partial charge in [0, 0.05) is 6.54 Å². The first-order valence-corrected chi connectivity index (χ1v) is 12.2. The highest BCUT2D eigenvalue weighted by Gasteiger charge is 2.36. The van der Waals surface area contributed by atoms with Gasteiger partial charge < -0.3 is 30.1 Å². The van der Waals surface area contributed by atoms with E-state index in [1.165, 1.54) is 12.0 Å². The second-order valence-corrected chi connectivity index (χ2v) is 9.58. The smallest absolute Gasteiger partial charge is 0.408 e. The Labute approximate surface area is 213 Å². The van der Waals surface area contributed by atoms with Gasteiger partial charge in [0.15, 0.2) is 0 Å². The Morgan fingerprint density at radius 1 is 1.06 bits per heavy atom. The minimum absolute atomic E-state index is 0.204. The molecule has 0 saturated heterocycles. The SMILES string of the molecule is CCCCCCN(C(=O)C(CO)NC(=O)OC(C)(C)C)C(C(=O)NCC(=O)OC)c1ccc(C)cc1. The number of aryl methyl sites for hydroxylation is 1. The molecule has 2 unspecified atom stereocenters. The summed E-state index contributed by atoms with van der Waals surface area (Å²) < 4.78 is 9.85. The minimum atomic E-state index is -1.33. The van der Waals surface area contributed by atoms with Gasteiger partial charge in [0.05, 0.1) is 13.7 Å². The average Bonchev–Trinajstić information content (AvgIpc) is 2.82. The summed E-state index contributed by atoms with van der Waals surface area (Å²) in [6.07, 6.45) is 2.51. The van der Waals surface area contributed by atoms with E-state index in [1.807, 2.05) is 19.1 Å². The number of unbranched alkanes of at least 4 members (excludes halogenated alkanes) is 3. The summed E-state index contributed by atoms with van der Waals surface area (Å²) in [7, 11) is 1.21. The molecule has 0 bridgehead atoms. The first-order valence-electron chi connectivity index (χ1n) is 12.2. The lowest BCUT2D eigenvalue weighted by atomic mass is 10.0. The van der Waals surface area contributed by atoms with Crippen molar-refractivity contribution in [1.82, 2.24) is 15.5 Å². The van der Waals surface area contributed by atoms with E-state index in [1.54, 1.807) is 32.9 Å². The monoisotopic (exact) mass is 507 g/mol. The maximum atomic E-state index is 13.6. The van der Waals surface area contributed by atoms with Crippen molar-refractivity contribution < 1.29 is 33.8 Å². The van der Waals surface area contributed by atoms with Gasteiger partial charge in [0.1, 0.15) is 24.2 Å². The molecule has 0 aliphatic carbocycles. The number of aliphatic hydroxyl groups excluding tert-OH is 1. The summed E-state index contributed by atoms with van der Waals surface area (Å²) in [6, 6.07) is 4.68. The molecular formula is C26H41N3O7. The van der Waals surface area contributed by atoms with Crippen LogP contribution in [0.5, 0.6) is 0 Å². The van der Waals surface area contributed by atoms with Crippen LogP contribution in [0.25, 0.3) is 0 Å². The van der Waals surface area contributed by atoms with Crippen LogP contribution in [0, 0.1) is 6.92 Å². The molecule has 202 valence electrons. The third kappa shape index (κ3) is 10.6. The second-order valence-electron chi connectivity index (χ2n) is 9.58. The highest BCUT2D eigenvalue weighted by atomic mass is 16.6. The number of alkyl carbamates (subject to hydrolysis) is 1. The number of nitrogens with one attached hydrogen (secondary N) is 2. The number of amides is 3. The van der Waals surface area contributed by atoms with Gasteiger partial charge in [0.2, 0.25) is 11.8 Å². The molecule has 10 nitrogen and oxygen atoms in total. The minimum Gasteiger partial charge on any atom is -0.468 e. The summed E-state index contributed by atoms with van der Waals surface area (Å²) in [6.45, 7) is 8.16. The predicted octanol–water partition coefficient (Wildman–Crippen LogP) is 2.62. The lowest BCUT2D eigenvalue weighted by Crippen LogP contribution is -2.54. The maximum absolute atomic E-state index is 13.6. The van der Waals surface area contributed by atoms with E-state index in [2.05, 4.69) is 22.3 Å². The van der Waals surface area contributed by atoms with Crippen LogP contribution in [0.15, 0.2) is 24.3 Å². The fraction of sp³-hybridized carbons (Fsp3) is 0.615. The summed E-state index contributed by atoms with van der Waals surface area (Å²) in [4.78, 5) is 52.3. The van der Waals surface area contributed by atoms with Gasteiger partial charge in [-0.25, -0.2) is 4.79 Å². The number of benzene rings is 1. The number of hydrogen-bond acceptors (Lipinski definition) is 7. The van der Waals surface area contributed by atoms with E-state index in [0.717, 1.165) is 24.8 Å². The van der Waals surface area contributed by atoms with Gasteiger partial charge >= 0.3 is 12.1 Å². The predicted molar refractivity (Wildman–Crippen MR) is 135 cm³/mol. The van der Waals surface area contributed by atoms with Gasteiger partial charge in [-0.05, 0) is 39.7 Å².